The SMILES string of the molecule is Nc1ncc(-c2cccc3cccnc23)cc1-c1nnnn1-c1cccc(F)c1F. The van der Waals surface area contributed by atoms with Gasteiger partial charge >= 0.3 is 0 Å². The van der Waals surface area contributed by atoms with Gasteiger partial charge in [-0.3, -0.25) is 4.98 Å². The number of hydrogen-bond acceptors (Lipinski definition) is 6. The second-order valence-electron chi connectivity index (χ2n) is 6.52. The van der Waals surface area contributed by atoms with Crippen LogP contribution in [-0.4, -0.2) is 30.2 Å². The number of fused-ring (bicyclic) bond motifs is 1. The summed E-state index contributed by atoms with van der Waals surface area (Å²) in [7, 11) is 0. The molecule has 2 aromatic carbocycles. The van der Waals surface area contributed by atoms with Gasteiger partial charge in [0, 0.05) is 28.9 Å². The molecule has 2 N–H and O–H groups in total. The predicted octanol–water partition coefficient (Wildman–Crippen LogP) is 3.80. The van der Waals surface area contributed by atoms with E-state index in [0.717, 1.165) is 32.8 Å². The van der Waals surface area contributed by atoms with Gasteiger partial charge in [-0.15, -0.1) is 5.10 Å². The third-order valence-corrected chi connectivity index (χ3v) is 4.73. The Labute approximate surface area is 168 Å². The van der Waals surface area contributed by atoms with Crippen LogP contribution in [0.4, 0.5) is 14.6 Å². The molecule has 0 fully saturated rings. The minimum atomic E-state index is -1.06. The van der Waals surface area contributed by atoms with E-state index in [1.165, 1.54) is 12.1 Å². The smallest absolute Gasteiger partial charge is 0.190 e. The van der Waals surface area contributed by atoms with E-state index >= 15 is 0 Å². The molecule has 9 heteroatoms. The highest BCUT2D eigenvalue weighted by molar-refractivity contribution is 5.94. The summed E-state index contributed by atoms with van der Waals surface area (Å²) in [5.74, 6) is -1.78. The van der Waals surface area contributed by atoms with Crippen molar-refractivity contribution in [2.75, 3.05) is 5.73 Å². The van der Waals surface area contributed by atoms with Gasteiger partial charge in [0.05, 0.1) is 11.1 Å². The molecule has 0 amide bonds. The predicted molar refractivity (Wildman–Crippen MR) is 107 cm³/mol. The van der Waals surface area contributed by atoms with Crippen LogP contribution in [0.25, 0.3) is 39.1 Å². The van der Waals surface area contributed by atoms with Crippen molar-refractivity contribution < 1.29 is 8.78 Å². The van der Waals surface area contributed by atoms with Gasteiger partial charge < -0.3 is 5.73 Å². The van der Waals surface area contributed by atoms with Crippen molar-refractivity contribution in [2.45, 2.75) is 0 Å². The Balaban J connectivity index is 1.70. The van der Waals surface area contributed by atoms with Crippen molar-refractivity contribution in [1.29, 1.82) is 0 Å². The van der Waals surface area contributed by atoms with Crippen LogP contribution in [0.3, 0.4) is 0 Å². The molecule has 7 nitrogen and oxygen atoms in total. The number of benzene rings is 2. The van der Waals surface area contributed by atoms with Crippen LogP contribution in [0.15, 0.2) is 67.0 Å². The van der Waals surface area contributed by atoms with E-state index in [4.69, 9.17) is 5.73 Å². The highest BCUT2D eigenvalue weighted by atomic mass is 19.2. The molecular weight excluding hydrogens is 388 g/mol. The Morgan fingerprint density at radius 3 is 2.63 bits per heavy atom. The normalized spacial score (nSPS) is 11.1. The second kappa shape index (κ2) is 6.96. The zero-order valence-corrected chi connectivity index (χ0v) is 15.4. The zero-order valence-electron chi connectivity index (χ0n) is 15.4. The average molecular weight is 401 g/mol. The van der Waals surface area contributed by atoms with Crippen LogP contribution in [0.2, 0.25) is 0 Å². The van der Waals surface area contributed by atoms with Gasteiger partial charge in [0.2, 0.25) is 0 Å². The number of para-hydroxylation sites is 1. The minimum Gasteiger partial charge on any atom is -0.383 e. The van der Waals surface area contributed by atoms with Crippen molar-refractivity contribution in [2.24, 2.45) is 0 Å². The third-order valence-electron chi connectivity index (χ3n) is 4.73. The quantitative estimate of drug-likeness (QED) is 0.494. The highest BCUT2D eigenvalue weighted by Crippen LogP contribution is 2.32. The molecule has 3 aromatic heterocycles. The van der Waals surface area contributed by atoms with Gasteiger partial charge in [-0.1, -0.05) is 30.3 Å². The summed E-state index contributed by atoms with van der Waals surface area (Å²) in [6, 6.07) is 15.1. The largest absolute Gasteiger partial charge is 0.383 e. The summed E-state index contributed by atoms with van der Waals surface area (Å²) in [5, 5.41) is 12.4. The number of rotatable bonds is 3. The molecule has 0 aliphatic rings. The molecule has 5 rings (SSSR count). The minimum absolute atomic E-state index is 0.133. The maximum absolute atomic E-state index is 14.3. The number of nitrogens with two attached hydrogens (primary N) is 1. The molecule has 5 aromatic rings. The fourth-order valence-corrected chi connectivity index (χ4v) is 3.31. The van der Waals surface area contributed by atoms with Crippen LogP contribution in [-0.2, 0) is 0 Å². The van der Waals surface area contributed by atoms with E-state index in [2.05, 4.69) is 25.5 Å². The Bertz CT molecular complexity index is 1390. The summed E-state index contributed by atoms with van der Waals surface area (Å²) in [6.07, 6.45) is 3.34. The van der Waals surface area contributed by atoms with Crippen molar-refractivity contribution in [3.05, 3.63) is 78.6 Å². The molecule has 0 aliphatic heterocycles. The molecule has 0 spiro atoms. The lowest BCUT2D eigenvalue weighted by Crippen LogP contribution is -2.06. The zero-order chi connectivity index (χ0) is 20.7. The maximum Gasteiger partial charge on any atom is 0.190 e. The number of aromatic nitrogens is 6. The van der Waals surface area contributed by atoms with Gasteiger partial charge in [0.15, 0.2) is 17.5 Å². The highest BCUT2D eigenvalue weighted by Gasteiger charge is 2.19. The number of tetrazole rings is 1. The first kappa shape index (κ1) is 17.8. The molecule has 0 unspecified atom stereocenters. The molecule has 0 aliphatic carbocycles. The monoisotopic (exact) mass is 401 g/mol. The van der Waals surface area contributed by atoms with Gasteiger partial charge in [0.1, 0.15) is 11.5 Å². The summed E-state index contributed by atoms with van der Waals surface area (Å²) in [6.45, 7) is 0. The van der Waals surface area contributed by atoms with E-state index in [1.54, 1.807) is 18.5 Å². The number of hydrogen-bond donors (Lipinski definition) is 1. The first-order chi connectivity index (χ1) is 14.6. The molecule has 30 heavy (non-hydrogen) atoms. The Morgan fingerprint density at radius 2 is 1.73 bits per heavy atom. The summed E-state index contributed by atoms with van der Waals surface area (Å²) in [4.78, 5) is 8.73. The molecular formula is C21H13F2N7. The van der Waals surface area contributed by atoms with Gasteiger partial charge in [-0.05, 0) is 34.7 Å². The molecule has 3 heterocycles. The van der Waals surface area contributed by atoms with E-state index < -0.39 is 11.6 Å². The van der Waals surface area contributed by atoms with E-state index in [-0.39, 0.29) is 17.3 Å². The van der Waals surface area contributed by atoms with Crippen molar-refractivity contribution >= 4 is 16.7 Å². The Kier molecular flexibility index (Phi) is 4.13. The molecule has 0 bridgehead atoms. The number of nitrogens with zero attached hydrogens (tertiary/aromatic N) is 6. The molecule has 0 radical (unpaired) electrons. The third kappa shape index (κ3) is 2.84. The van der Waals surface area contributed by atoms with Gasteiger partial charge in [0.25, 0.3) is 0 Å². The van der Waals surface area contributed by atoms with Crippen LogP contribution in [0.5, 0.6) is 0 Å². The van der Waals surface area contributed by atoms with Gasteiger partial charge in [-0.2, -0.15) is 4.68 Å². The van der Waals surface area contributed by atoms with E-state index in [0.29, 0.717) is 5.56 Å². The lowest BCUT2D eigenvalue weighted by atomic mass is 10.0. The fourth-order valence-electron chi connectivity index (χ4n) is 3.31. The van der Waals surface area contributed by atoms with Crippen LogP contribution in [0.1, 0.15) is 0 Å². The summed E-state index contributed by atoms with van der Waals surface area (Å²) >= 11 is 0. The van der Waals surface area contributed by atoms with Crippen molar-refractivity contribution in [3.63, 3.8) is 0 Å². The van der Waals surface area contributed by atoms with Crippen LogP contribution >= 0.6 is 0 Å². The topological polar surface area (TPSA) is 95.4 Å². The molecule has 0 saturated carbocycles. The van der Waals surface area contributed by atoms with Crippen LogP contribution in [0, 0.1) is 11.6 Å². The Morgan fingerprint density at radius 1 is 0.900 bits per heavy atom. The maximum atomic E-state index is 14.3. The first-order valence-electron chi connectivity index (χ1n) is 8.96. The number of nitrogen functional groups attached to an aromatic ring is 1. The number of pyridine rings is 2. The van der Waals surface area contributed by atoms with Crippen LogP contribution < -0.4 is 5.73 Å². The summed E-state index contributed by atoms with van der Waals surface area (Å²) in [5.41, 5.74) is 8.71. The van der Waals surface area contributed by atoms with E-state index in [1.807, 2.05) is 30.3 Å². The second-order valence-corrected chi connectivity index (χ2v) is 6.52. The van der Waals surface area contributed by atoms with E-state index in [9.17, 15) is 8.78 Å². The number of halogens is 2. The molecule has 0 saturated heterocycles. The van der Waals surface area contributed by atoms with Gasteiger partial charge in [-0.25, -0.2) is 13.8 Å². The fraction of sp³-hybridized carbons (Fsp3) is 0. The Hall–Kier alpha value is -4.27. The first-order valence-corrected chi connectivity index (χ1v) is 8.96. The average Bonchev–Trinajstić information content (AvgIpc) is 3.25. The standard InChI is InChI=1S/C21H13F2N7/c22-16-7-2-8-17(18(16)23)30-21(27-28-29-30)15-10-13(11-26-20(15)24)14-6-1-4-12-5-3-9-25-19(12)14/h1-11H,(H2,24,26). The molecule has 146 valence electrons. The molecule has 0 atom stereocenters. The lowest BCUT2D eigenvalue weighted by Gasteiger charge is -2.10. The summed E-state index contributed by atoms with van der Waals surface area (Å²) < 4.78 is 29.1. The van der Waals surface area contributed by atoms with Crippen molar-refractivity contribution in [1.82, 2.24) is 30.2 Å². The van der Waals surface area contributed by atoms with Crippen molar-refractivity contribution in [3.8, 4) is 28.2 Å². The number of anilines is 1. The lowest BCUT2D eigenvalue weighted by molar-refractivity contribution is 0.501.